The van der Waals surface area contributed by atoms with Gasteiger partial charge < -0.3 is 5.11 Å². The van der Waals surface area contributed by atoms with Crippen molar-refractivity contribution < 1.29 is 5.11 Å². The van der Waals surface area contributed by atoms with Crippen molar-refractivity contribution in [2.45, 2.75) is 51.6 Å². The third-order valence-electron chi connectivity index (χ3n) is 2.45. The van der Waals surface area contributed by atoms with Gasteiger partial charge in [0.2, 0.25) is 0 Å². The number of hydrogen-bond donors (Lipinski definition) is 1. The maximum Gasteiger partial charge on any atom is 0.0622 e. The zero-order valence-electron chi connectivity index (χ0n) is 7.06. The number of aliphatic hydroxyl groups is 1. The van der Waals surface area contributed by atoms with Crippen LogP contribution in [-0.2, 0) is 0 Å². The summed E-state index contributed by atoms with van der Waals surface area (Å²) < 4.78 is 0. The third-order valence-corrected chi connectivity index (χ3v) is 2.45. The van der Waals surface area contributed by atoms with Crippen molar-refractivity contribution in [1.29, 1.82) is 0 Å². The molecule has 2 unspecified atom stereocenters. The average molecular weight is 142 g/mol. The van der Waals surface area contributed by atoms with Gasteiger partial charge >= 0.3 is 0 Å². The molecule has 1 aliphatic carbocycles. The van der Waals surface area contributed by atoms with Crippen LogP contribution in [0.5, 0.6) is 0 Å². The fourth-order valence-electron chi connectivity index (χ4n) is 1.95. The fourth-order valence-corrected chi connectivity index (χ4v) is 1.95. The normalized spacial score (nSPS) is 42.9. The van der Waals surface area contributed by atoms with Gasteiger partial charge in [0, 0.05) is 0 Å². The second-order valence-electron chi connectivity index (χ2n) is 4.05. The lowest BCUT2D eigenvalue weighted by Crippen LogP contribution is -2.24. The Labute approximate surface area is 63.4 Å². The van der Waals surface area contributed by atoms with Crippen molar-refractivity contribution in [3.8, 4) is 0 Å². The summed E-state index contributed by atoms with van der Waals surface area (Å²) in [6, 6.07) is 0. The molecule has 10 heavy (non-hydrogen) atoms. The summed E-state index contributed by atoms with van der Waals surface area (Å²) in [5.74, 6) is 0.720. The van der Waals surface area contributed by atoms with Crippen LogP contribution in [-0.4, -0.2) is 10.7 Å². The lowest BCUT2D eigenvalue weighted by atomic mass is 9.92. The van der Waals surface area contributed by atoms with Gasteiger partial charge in [0.15, 0.2) is 0 Å². The second kappa shape index (κ2) is 2.91. The number of hydrogen-bond acceptors (Lipinski definition) is 1. The molecule has 1 saturated carbocycles. The van der Waals surface area contributed by atoms with E-state index < -0.39 is 0 Å². The Morgan fingerprint density at radius 2 is 2.10 bits per heavy atom. The summed E-state index contributed by atoms with van der Waals surface area (Å²) >= 11 is 0. The Morgan fingerprint density at radius 1 is 1.40 bits per heavy atom. The smallest absolute Gasteiger partial charge is 0.0622 e. The molecule has 1 N–H and O–H groups in total. The largest absolute Gasteiger partial charge is 0.390 e. The molecule has 0 aromatic carbocycles. The van der Waals surface area contributed by atoms with E-state index in [2.05, 4.69) is 6.92 Å². The van der Waals surface area contributed by atoms with E-state index in [9.17, 15) is 5.11 Å². The Bertz CT molecular complexity index is 107. The predicted molar refractivity (Wildman–Crippen MR) is 42.9 cm³/mol. The van der Waals surface area contributed by atoms with Gasteiger partial charge in [-0.1, -0.05) is 26.2 Å². The van der Waals surface area contributed by atoms with Crippen molar-refractivity contribution in [3.05, 3.63) is 0 Å². The molecule has 0 saturated heterocycles. The summed E-state index contributed by atoms with van der Waals surface area (Å²) in [6.45, 7) is 4.20. The van der Waals surface area contributed by atoms with E-state index in [0.717, 1.165) is 18.8 Å². The molecule has 1 fully saturated rings. The van der Waals surface area contributed by atoms with E-state index in [1.807, 2.05) is 6.92 Å². The van der Waals surface area contributed by atoms with Gasteiger partial charge in [-0.05, 0) is 25.7 Å². The topological polar surface area (TPSA) is 20.2 Å². The maximum absolute atomic E-state index is 9.72. The summed E-state index contributed by atoms with van der Waals surface area (Å²) in [5.41, 5.74) is -0.365. The van der Waals surface area contributed by atoms with Crippen LogP contribution < -0.4 is 0 Å². The van der Waals surface area contributed by atoms with Gasteiger partial charge in [-0.15, -0.1) is 0 Å². The van der Waals surface area contributed by atoms with Gasteiger partial charge in [0.25, 0.3) is 0 Å². The quantitative estimate of drug-likeness (QED) is 0.515. The molecular formula is C9H18O. The van der Waals surface area contributed by atoms with E-state index >= 15 is 0 Å². The van der Waals surface area contributed by atoms with Crippen LogP contribution in [0.1, 0.15) is 46.0 Å². The molecule has 1 nitrogen and oxygen atoms in total. The molecule has 1 rings (SSSR count). The van der Waals surface area contributed by atoms with Crippen LogP contribution in [0.25, 0.3) is 0 Å². The molecule has 0 amide bonds. The van der Waals surface area contributed by atoms with Crippen LogP contribution >= 0.6 is 0 Å². The minimum atomic E-state index is -0.365. The second-order valence-corrected chi connectivity index (χ2v) is 4.05. The van der Waals surface area contributed by atoms with Gasteiger partial charge in [-0.3, -0.25) is 0 Å². The first kappa shape index (κ1) is 8.06. The Balaban J connectivity index is 2.46. The third kappa shape index (κ3) is 2.30. The van der Waals surface area contributed by atoms with Crippen LogP contribution in [0.4, 0.5) is 0 Å². The highest BCUT2D eigenvalue weighted by Crippen LogP contribution is 2.29. The molecule has 0 aromatic heterocycles. The Morgan fingerprint density at radius 3 is 2.80 bits per heavy atom. The average Bonchev–Trinajstić information content (AvgIpc) is 1.90. The van der Waals surface area contributed by atoms with Gasteiger partial charge in [-0.2, -0.15) is 0 Å². The monoisotopic (exact) mass is 142 g/mol. The van der Waals surface area contributed by atoms with E-state index in [1.54, 1.807) is 0 Å². The first-order valence-corrected chi connectivity index (χ1v) is 4.32. The van der Waals surface area contributed by atoms with Gasteiger partial charge in [0.05, 0.1) is 5.60 Å². The van der Waals surface area contributed by atoms with Crippen LogP contribution in [0, 0.1) is 5.92 Å². The van der Waals surface area contributed by atoms with Crippen LogP contribution in [0.2, 0.25) is 0 Å². The minimum Gasteiger partial charge on any atom is -0.390 e. The summed E-state index contributed by atoms with van der Waals surface area (Å²) in [7, 11) is 0. The lowest BCUT2D eigenvalue weighted by molar-refractivity contribution is 0.0341. The van der Waals surface area contributed by atoms with Crippen molar-refractivity contribution in [2.24, 2.45) is 5.92 Å². The number of rotatable bonds is 0. The van der Waals surface area contributed by atoms with Gasteiger partial charge in [-0.25, -0.2) is 0 Å². The van der Waals surface area contributed by atoms with Crippen molar-refractivity contribution in [2.75, 3.05) is 0 Å². The molecule has 0 heterocycles. The molecule has 0 radical (unpaired) electrons. The first-order valence-electron chi connectivity index (χ1n) is 4.32. The SMILES string of the molecule is CC1CCCCC(C)(O)C1. The predicted octanol–water partition coefficient (Wildman–Crippen LogP) is 2.34. The molecule has 0 aliphatic heterocycles. The summed E-state index contributed by atoms with van der Waals surface area (Å²) in [5, 5.41) is 9.72. The molecular weight excluding hydrogens is 124 g/mol. The molecule has 0 bridgehead atoms. The standard InChI is InChI=1S/C9H18O/c1-8-5-3-4-6-9(2,10)7-8/h8,10H,3-7H2,1-2H3. The highest BCUT2D eigenvalue weighted by molar-refractivity contribution is 4.78. The molecule has 60 valence electrons. The zero-order valence-corrected chi connectivity index (χ0v) is 7.06. The lowest BCUT2D eigenvalue weighted by Gasteiger charge is -2.22. The highest BCUT2D eigenvalue weighted by atomic mass is 16.3. The van der Waals surface area contributed by atoms with E-state index in [4.69, 9.17) is 0 Å². The van der Waals surface area contributed by atoms with E-state index in [-0.39, 0.29) is 5.60 Å². The highest BCUT2D eigenvalue weighted by Gasteiger charge is 2.25. The van der Waals surface area contributed by atoms with Crippen LogP contribution in [0.3, 0.4) is 0 Å². The Kier molecular flexibility index (Phi) is 2.35. The van der Waals surface area contributed by atoms with Gasteiger partial charge in [0.1, 0.15) is 0 Å². The summed E-state index contributed by atoms with van der Waals surface area (Å²) in [6.07, 6.45) is 5.80. The summed E-state index contributed by atoms with van der Waals surface area (Å²) in [4.78, 5) is 0. The zero-order chi connectivity index (χ0) is 7.61. The molecule has 0 spiro atoms. The van der Waals surface area contributed by atoms with E-state index in [0.29, 0.717) is 0 Å². The first-order chi connectivity index (χ1) is 4.60. The Hall–Kier alpha value is -0.0400. The van der Waals surface area contributed by atoms with E-state index in [1.165, 1.54) is 19.3 Å². The van der Waals surface area contributed by atoms with Crippen molar-refractivity contribution in [3.63, 3.8) is 0 Å². The molecule has 0 aromatic rings. The maximum atomic E-state index is 9.72. The molecule has 2 atom stereocenters. The van der Waals surface area contributed by atoms with Crippen molar-refractivity contribution in [1.82, 2.24) is 0 Å². The molecule has 1 aliphatic rings. The minimum absolute atomic E-state index is 0.365. The van der Waals surface area contributed by atoms with Crippen LogP contribution in [0.15, 0.2) is 0 Å². The van der Waals surface area contributed by atoms with Crippen molar-refractivity contribution >= 4 is 0 Å². The molecule has 1 heteroatoms. The fraction of sp³-hybridized carbons (Fsp3) is 1.00.